The number of hydrogen-bond acceptors (Lipinski definition) is 3. The van der Waals surface area contributed by atoms with E-state index in [0.717, 1.165) is 11.1 Å². The van der Waals surface area contributed by atoms with E-state index in [1.54, 1.807) is 6.07 Å². The molecule has 5 nitrogen and oxygen atoms in total. The minimum atomic E-state index is -0.676. The zero-order valence-corrected chi connectivity index (χ0v) is 12.4. The van der Waals surface area contributed by atoms with E-state index in [4.69, 9.17) is 0 Å². The van der Waals surface area contributed by atoms with Crippen LogP contribution in [-0.2, 0) is 21.5 Å². The van der Waals surface area contributed by atoms with Gasteiger partial charge in [0.15, 0.2) is 0 Å². The highest BCUT2D eigenvalue weighted by Crippen LogP contribution is 2.35. The van der Waals surface area contributed by atoms with E-state index < -0.39 is 6.04 Å². The summed E-state index contributed by atoms with van der Waals surface area (Å²) in [5, 5.41) is 2.26. The third kappa shape index (κ3) is 2.13. The Labute approximate surface area is 123 Å². The van der Waals surface area contributed by atoms with Crippen molar-refractivity contribution in [2.24, 2.45) is 0 Å². The van der Waals surface area contributed by atoms with Crippen molar-refractivity contribution in [2.75, 3.05) is 0 Å². The Balaban J connectivity index is 1.99. The minimum Gasteiger partial charge on any atom is -0.322 e. The molecule has 2 aliphatic rings. The molecule has 0 spiro atoms. The summed E-state index contributed by atoms with van der Waals surface area (Å²) >= 11 is 0. The van der Waals surface area contributed by atoms with Crippen LogP contribution in [0.1, 0.15) is 48.7 Å². The average Bonchev–Trinajstić information content (AvgIpc) is 2.88. The van der Waals surface area contributed by atoms with Crippen molar-refractivity contribution in [2.45, 2.75) is 45.2 Å². The summed E-state index contributed by atoms with van der Waals surface area (Å²) in [6.45, 7) is 6.69. The van der Waals surface area contributed by atoms with E-state index in [-0.39, 0.29) is 29.6 Å². The molecule has 1 aromatic carbocycles. The van der Waals surface area contributed by atoms with Crippen molar-refractivity contribution in [1.29, 1.82) is 0 Å². The molecule has 0 aromatic heterocycles. The van der Waals surface area contributed by atoms with Gasteiger partial charge in [-0.1, -0.05) is 32.9 Å². The van der Waals surface area contributed by atoms with Crippen LogP contribution in [0.2, 0.25) is 0 Å². The minimum absolute atomic E-state index is 0.0589. The average molecular weight is 286 g/mol. The van der Waals surface area contributed by atoms with Crippen molar-refractivity contribution >= 4 is 17.7 Å². The summed E-state index contributed by atoms with van der Waals surface area (Å²) in [7, 11) is 0. The third-order valence-corrected chi connectivity index (χ3v) is 4.12. The van der Waals surface area contributed by atoms with Crippen molar-refractivity contribution in [3.63, 3.8) is 0 Å². The molecule has 1 saturated heterocycles. The normalized spacial score (nSPS) is 21.8. The number of carbonyl (C=O) groups excluding carboxylic acids is 3. The monoisotopic (exact) mass is 286 g/mol. The lowest BCUT2D eigenvalue weighted by atomic mass is 9.83. The Morgan fingerprint density at radius 3 is 2.48 bits per heavy atom. The zero-order chi connectivity index (χ0) is 15.4. The van der Waals surface area contributed by atoms with E-state index in [9.17, 15) is 14.4 Å². The molecule has 0 radical (unpaired) electrons. The molecule has 0 saturated carbocycles. The lowest BCUT2D eigenvalue weighted by Gasteiger charge is -2.23. The molecule has 1 fully saturated rings. The van der Waals surface area contributed by atoms with E-state index in [1.807, 2.05) is 12.1 Å². The van der Waals surface area contributed by atoms with E-state index in [1.165, 1.54) is 4.90 Å². The number of nitrogens with zero attached hydrogens (tertiary/aromatic N) is 1. The second-order valence-electron chi connectivity index (χ2n) is 6.65. The van der Waals surface area contributed by atoms with Crippen LogP contribution in [0.3, 0.4) is 0 Å². The standard InChI is InChI=1S/C16H18N2O3/c1-16(2,3)11-6-4-5-9-10(11)8-18(15(9)21)12-7-13(19)17-14(12)20/h4-6,12H,7-8H2,1-3H3,(H,17,19,20). The first-order chi connectivity index (χ1) is 9.79. The highest BCUT2D eigenvalue weighted by molar-refractivity contribution is 6.09. The molecule has 1 unspecified atom stereocenters. The molecule has 0 aliphatic carbocycles. The molecule has 3 rings (SSSR count). The Hall–Kier alpha value is -2.17. The van der Waals surface area contributed by atoms with Gasteiger partial charge in [-0.15, -0.1) is 0 Å². The van der Waals surface area contributed by atoms with Crippen molar-refractivity contribution < 1.29 is 14.4 Å². The number of imide groups is 1. The van der Waals surface area contributed by atoms with Crippen molar-refractivity contribution in [3.8, 4) is 0 Å². The van der Waals surface area contributed by atoms with Gasteiger partial charge in [0, 0.05) is 12.1 Å². The third-order valence-electron chi connectivity index (χ3n) is 4.12. The fourth-order valence-electron chi connectivity index (χ4n) is 3.10. The first-order valence-corrected chi connectivity index (χ1v) is 7.06. The molecular weight excluding hydrogens is 268 g/mol. The molecular formula is C16H18N2O3. The van der Waals surface area contributed by atoms with Gasteiger partial charge in [-0.3, -0.25) is 19.7 Å². The van der Waals surface area contributed by atoms with Crippen LogP contribution >= 0.6 is 0 Å². The summed E-state index contributed by atoms with van der Waals surface area (Å²) < 4.78 is 0. The fourth-order valence-corrected chi connectivity index (χ4v) is 3.10. The number of fused-ring (bicyclic) bond motifs is 1. The maximum atomic E-state index is 12.5. The van der Waals surface area contributed by atoms with Crippen molar-refractivity contribution in [3.05, 3.63) is 34.9 Å². The van der Waals surface area contributed by atoms with Crippen LogP contribution < -0.4 is 5.32 Å². The molecule has 1 N–H and O–H groups in total. The Bertz CT molecular complexity index is 658. The molecule has 0 bridgehead atoms. The smallest absolute Gasteiger partial charge is 0.255 e. The highest BCUT2D eigenvalue weighted by atomic mass is 16.2. The summed E-state index contributed by atoms with van der Waals surface area (Å²) in [6, 6.07) is 5.02. The molecule has 1 atom stereocenters. The van der Waals surface area contributed by atoms with E-state index >= 15 is 0 Å². The second kappa shape index (κ2) is 4.41. The van der Waals surface area contributed by atoms with Crippen LogP contribution in [-0.4, -0.2) is 28.7 Å². The topological polar surface area (TPSA) is 66.5 Å². The summed E-state index contributed by atoms with van der Waals surface area (Å²) in [6.07, 6.45) is 0.0589. The van der Waals surface area contributed by atoms with Gasteiger partial charge in [-0.2, -0.15) is 0 Å². The molecule has 2 aliphatic heterocycles. The van der Waals surface area contributed by atoms with Gasteiger partial charge in [-0.05, 0) is 22.6 Å². The predicted molar refractivity (Wildman–Crippen MR) is 76.6 cm³/mol. The van der Waals surface area contributed by atoms with Crippen LogP contribution in [0.15, 0.2) is 18.2 Å². The van der Waals surface area contributed by atoms with Crippen LogP contribution in [0.4, 0.5) is 0 Å². The maximum absolute atomic E-state index is 12.5. The van der Waals surface area contributed by atoms with Gasteiger partial charge in [0.2, 0.25) is 11.8 Å². The number of rotatable bonds is 1. The van der Waals surface area contributed by atoms with Gasteiger partial charge in [0.1, 0.15) is 6.04 Å². The largest absolute Gasteiger partial charge is 0.322 e. The lowest BCUT2D eigenvalue weighted by molar-refractivity contribution is -0.126. The molecule has 3 amide bonds. The van der Waals surface area contributed by atoms with E-state index in [2.05, 4.69) is 26.1 Å². The molecule has 5 heteroatoms. The number of benzene rings is 1. The van der Waals surface area contributed by atoms with Gasteiger partial charge >= 0.3 is 0 Å². The molecule has 110 valence electrons. The van der Waals surface area contributed by atoms with E-state index in [0.29, 0.717) is 12.1 Å². The van der Waals surface area contributed by atoms with Crippen LogP contribution in [0, 0.1) is 0 Å². The summed E-state index contributed by atoms with van der Waals surface area (Å²) in [4.78, 5) is 37.2. The Morgan fingerprint density at radius 2 is 1.90 bits per heavy atom. The Morgan fingerprint density at radius 1 is 1.19 bits per heavy atom. The fraction of sp³-hybridized carbons (Fsp3) is 0.438. The summed E-state index contributed by atoms with van der Waals surface area (Å²) in [5.74, 6) is -0.853. The quantitative estimate of drug-likeness (QED) is 0.793. The lowest BCUT2D eigenvalue weighted by Crippen LogP contribution is -2.40. The second-order valence-corrected chi connectivity index (χ2v) is 6.65. The molecule has 21 heavy (non-hydrogen) atoms. The predicted octanol–water partition coefficient (Wildman–Crippen LogP) is 1.35. The highest BCUT2D eigenvalue weighted by Gasteiger charge is 2.42. The number of carbonyl (C=O) groups is 3. The number of amides is 3. The SMILES string of the molecule is CC(C)(C)c1cccc2c1CN(C1CC(=O)NC1=O)C2=O. The summed E-state index contributed by atoms with van der Waals surface area (Å²) in [5.41, 5.74) is 2.66. The molecule has 1 aromatic rings. The first kappa shape index (κ1) is 13.8. The first-order valence-electron chi connectivity index (χ1n) is 7.06. The molecule has 2 heterocycles. The van der Waals surface area contributed by atoms with Crippen molar-refractivity contribution in [1.82, 2.24) is 10.2 Å². The number of hydrogen-bond donors (Lipinski definition) is 1. The maximum Gasteiger partial charge on any atom is 0.255 e. The van der Waals surface area contributed by atoms with Crippen LogP contribution in [0.25, 0.3) is 0 Å². The van der Waals surface area contributed by atoms with Gasteiger partial charge in [0.05, 0.1) is 6.42 Å². The van der Waals surface area contributed by atoms with Gasteiger partial charge in [0.25, 0.3) is 5.91 Å². The zero-order valence-electron chi connectivity index (χ0n) is 12.4. The van der Waals surface area contributed by atoms with Gasteiger partial charge in [-0.25, -0.2) is 0 Å². The van der Waals surface area contributed by atoms with Gasteiger partial charge < -0.3 is 4.90 Å². The number of nitrogens with one attached hydrogen (secondary N) is 1. The van der Waals surface area contributed by atoms with Crippen LogP contribution in [0.5, 0.6) is 0 Å². The Kier molecular flexibility index (Phi) is 2.90.